The third-order valence-corrected chi connectivity index (χ3v) is 17.5. The van der Waals surface area contributed by atoms with Crippen LogP contribution in [-0.4, -0.2) is 82.3 Å². The Kier molecular flexibility index (Phi) is 69.9. The Morgan fingerprint density at radius 1 is 0.341 bits per heavy atom. The van der Waals surface area contributed by atoms with Gasteiger partial charge in [-0.3, -0.25) is 9.59 Å². The molecule has 0 fully saturated rings. The molecule has 0 rings (SSSR count). The van der Waals surface area contributed by atoms with E-state index in [-0.39, 0.29) is 32.2 Å². The lowest BCUT2D eigenvalue weighted by atomic mass is 10.0. The van der Waals surface area contributed by atoms with Crippen LogP contribution < -0.4 is 5.11 Å². The largest absolute Gasteiger partial charge is 0.545 e. The number of carboxylic acid groups (broad SMARTS) is 1. The summed E-state index contributed by atoms with van der Waals surface area (Å²) in [6.07, 6.45) is 94.5. The molecule has 0 saturated heterocycles. The van der Waals surface area contributed by atoms with Crippen molar-refractivity contribution in [2.24, 2.45) is 0 Å². The molecule has 0 aromatic carbocycles. The van der Waals surface area contributed by atoms with Gasteiger partial charge in [0.15, 0.2) is 12.4 Å². The molecule has 0 aliphatic rings. The summed E-state index contributed by atoms with van der Waals surface area (Å²) in [5, 5.41) is 11.9. The molecule has 0 aliphatic heterocycles. The lowest BCUT2D eigenvalue weighted by Crippen LogP contribution is -2.44. The highest BCUT2D eigenvalue weighted by molar-refractivity contribution is 5.70. The summed E-state index contributed by atoms with van der Waals surface area (Å²) < 4.78 is 22.9. The van der Waals surface area contributed by atoms with E-state index in [2.05, 4.69) is 86.8 Å². The first-order valence-corrected chi connectivity index (χ1v) is 39.1. The van der Waals surface area contributed by atoms with Crippen molar-refractivity contribution < 1.29 is 42.9 Å². The van der Waals surface area contributed by atoms with Gasteiger partial charge in [0, 0.05) is 12.8 Å². The second-order valence-corrected chi connectivity index (χ2v) is 27.6. The number of carbonyl (C=O) groups excluding carboxylic acids is 3. The summed E-state index contributed by atoms with van der Waals surface area (Å²) in [5.74, 6) is -2.26. The van der Waals surface area contributed by atoms with Crippen molar-refractivity contribution in [3.8, 4) is 0 Å². The average Bonchev–Trinajstić information content (AvgIpc) is 3.50. The summed E-state index contributed by atoms with van der Waals surface area (Å²) in [4.78, 5) is 37.6. The number of quaternary nitrogens is 1. The Bertz CT molecular complexity index is 1730. The number of hydrogen-bond acceptors (Lipinski definition) is 8. The molecule has 0 N–H and O–H groups in total. The molecular formula is C82H149NO8. The van der Waals surface area contributed by atoms with Crippen LogP contribution in [0.25, 0.3) is 0 Å². The zero-order valence-electron chi connectivity index (χ0n) is 60.7. The van der Waals surface area contributed by atoms with Crippen molar-refractivity contribution in [3.05, 3.63) is 72.9 Å². The maximum atomic E-state index is 13.0. The van der Waals surface area contributed by atoms with Crippen LogP contribution in [0.3, 0.4) is 0 Å². The molecule has 0 radical (unpaired) electrons. The molecule has 0 bridgehead atoms. The fraction of sp³-hybridized carbons (Fsp3) is 0.817. The second kappa shape index (κ2) is 72.6. The van der Waals surface area contributed by atoms with Gasteiger partial charge in [-0.25, -0.2) is 0 Å². The Balaban J connectivity index is 4.01. The number of nitrogens with zero attached hydrogens (tertiary/aromatic N) is 1. The number of unbranched alkanes of at least 4 members (excludes halogenated alkanes) is 46. The number of aliphatic carboxylic acids is 1. The molecule has 91 heavy (non-hydrogen) atoms. The van der Waals surface area contributed by atoms with Gasteiger partial charge in [-0.1, -0.05) is 369 Å². The molecule has 0 aromatic rings. The molecule has 2 unspecified atom stereocenters. The van der Waals surface area contributed by atoms with Crippen LogP contribution >= 0.6 is 0 Å². The first-order chi connectivity index (χ1) is 44.6. The van der Waals surface area contributed by atoms with Gasteiger partial charge in [0.1, 0.15) is 13.2 Å². The lowest BCUT2D eigenvalue weighted by Gasteiger charge is -2.26. The van der Waals surface area contributed by atoms with Gasteiger partial charge in [0.2, 0.25) is 0 Å². The first kappa shape index (κ1) is 87.7. The lowest BCUT2D eigenvalue weighted by molar-refractivity contribution is -0.870. The number of ether oxygens (including phenoxy) is 4. The summed E-state index contributed by atoms with van der Waals surface area (Å²) in [6.45, 7) is 4.70. The number of esters is 2. The molecule has 9 heteroatoms. The molecule has 530 valence electrons. The first-order valence-electron chi connectivity index (χ1n) is 39.1. The molecule has 0 heterocycles. The smallest absolute Gasteiger partial charge is 0.306 e. The van der Waals surface area contributed by atoms with Crippen molar-refractivity contribution in [1.29, 1.82) is 0 Å². The number of carboxylic acids is 1. The van der Waals surface area contributed by atoms with Gasteiger partial charge in [-0.05, 0) is 64.2 Å². The van der Waals surface area contributed by atoms with Crippen molar-refractivity contribution >= 4 is 17.9 Å². The van der Waals surface area contributed by atoms with Crippen LogP contribution in [-0.2, 0) is 33.3 Å². The number of hydrogen-bond donors (Lipinski definition) is 0. The van der Waals surface area contributed by atoms with Gasteiger partial charge >= 0.3 is 11.9 Å². The van der Waals surface area contributed by atoms with Crippen LogP contribution in [0.4, 0.5) is 0 Å². The summed E-state index contributed by atoms with van der Waals surface area (Å²) in [5.41, 5.74) is 0. The highest BCUT2D eigenvalue weighted by Gasteiger charge is 2.22. The van der Waals surface area contributed by atoms with Crippen LogP contribution in [0.15, 0.2) is 72.9 Å². The third kappa shape index (κ3) is 74.0. The van der Waals surface area contributed by atoms with Gasteiger partial charge in [-0.2, -0.15) is 0 Å². The van der Waals surface area contributed by atoms with E-state index in [4.69, 9.17) is 18.9 Å². The SMILES string of the molecule is CC/C=C\C/C=C\C/C=C\C/C=C\C/C=C\C/C=C\CCCCCCCCCCCCCCCCCCCCC(=O)OC(COC(=O)CCCCCCCCCCCCCCCCCCCCCCCCCCCCCCC)COC(OCC[N+](C)(C)C)C(=O)[O-]. The Morgan fingerprint density at radius 3 is 0.934 bits per heavy atom. The van der Waals surface area contributed by atoms with E-state index in [0.717, 1.165) is 70.6 Å². The molecule has 0 aromatic heterocycles. The molecule has 2 atom stereocenters. The van der Waals surface area contributed by atoms with E-state index >= 15 is 0 Å². The second-order valence-electron chi connectivity index (χ2n) is 27.6. The predicted octanol–water partition coefficient (Wildman–Crippen LogP) is 23.5. The minimum Gasteiger partial charge on any atom is -0.545 e. The highest BCUT2D eigenvalue weighted by Crippen LogP contribution is 2.19. The van der Waals surface area contributed by atoms with Gasteiger partial charge in [0.25, 0.3) is 0 Å². The van der Waals surface area contributed by atoms with Crippen LogP contribution in [0.5, 0.6) is 0 Å². The van der Waals surface area contributed by atoms with E-state index in [9.17, 15) is 19.5 Å². The number of carbonyl (C=O) groups is 3. The summed E-state index contributed by atoms with van der Waals surface area (Å²) in [6, 6.07) is 0. The Labute approximate surface area is 564 Å². The Morgan fingerprint density at radius 2 is 0.626 bits per heavy atom. The van der Waals surface area contributed by atoms with E-state index in [1.54, 1.807) is 0 Å². The maximum Gasteiger partial charge on any atom is 0.306 e. The zero-order chi connectivity index (χ0) is 66.1. The van der Waals surface area contributed by atoms with Crippen LogP contribution in [0.1, 0.15) is 373 Å². The van der Waals surface area contributed by atoms with E-state index < -0.39 is 24.3 Å². The zero-order valence-corrected chi connectivity index (χ0v) is 60.7. The monoisotopic (exact) mass is 1280 g/mol. The molecule has 0 spiro atoms. The van der Waals surface area contributed by atoms with Gasteiger partial charge in [-0.15, -0.1) is 0 Å². The molecule has 0 aliphatic carbocycles. The third-order valence-electron chi connectivity index (χ3n) is 17.5. The number of rotatable bonds is 73. The Hall–Kier alpha value is -3.27. The van der Waals surface area contributed by atoms with Crippen LogP contribution in [0, 0.1) is 0 Å². The summed E-state index contributed by atoms with van der Waals surface area (Å²) in [7, 11) is 5.95. The fourth-order valence-electron chi connectivity index (χ4n) is 11.5. The molecule has 9 nitrogen and oxygen atoms in total. The molecule has 0 saturated carbocycles. The minimum atomic E-state index is -1.62. The van der Waals surface area contributed by atoms with Crippen molar-refractivity contribution in [3.63, 3.8) is 0 Å². The maximum absolute atomic E-state index is 13.0. The normalized spacial score (nSPS) is 13.0. The van der Waals surface area contributed by atoms with Crippen molar-refractivity contribution in [2.75, 3.05) is 47.5 Å². The predicted molar refractivity (Wildman–Crippen MR) is 389 cm³/mol. The van der Waals surface area contributed by atoms with Crippen LogP contribution in [0.2, 0.25) is 0 Å². The fourth-order valence-corrected chi connectivity index (χ4v) is 11.5. The topological polar surface area (TPSA) is 111 Å². The highest BCUT2D eigenvalue weighted by atomic mass is 16.7. The molecule has 0 amide bonds. The molecular weight excluding hydrogens is 1130 g/mol. The quantitative estimate of drug-likeness (QED) is 0.0195. The van der Waals surface area contributed by atoms with Gasteiger partial charge in [0.05, 0.1) is 40.3 Å². The summed E-state index contributed by atoms with van der Waals surface area (Å²) >= 11 is 0. The average molecular weight is 1280 g/mol. The van der Waals surface area contributed by atoms with Gasteiger partial charge < -0.3 is 33.3 Å². The number of likely N-dealkylation sites (N-methyl/N-ethyl adjacent to an activating group) is 1. The van der Waals surface area contributed by atoms with Crippen molar-refractivity contribution in [1.82, 2.24) is 0 Å². The standard InChI is InChI=1S/C82H149NO8/c1-6-8-10-12-14-16-18-20-22-24-26-28-30-32-34-36-37-38-39-40-41-42-43-45-47-49-51-53-55-57-59-61-63-65-67-69-71-73-80(85)91-78(77-90-82(81(86)87)88-75-74-83(3,4)5)76-89-79(84)72-70-68-66-64-62-60-58-56-54-52-50-48-46-44-35-33-31-29-27-25-23-21-19-17-15-13-11-9-7-2/h8,10,14,16,20,22,26,28,32,34,37-38,78,82H,6-7,9,11-13,15,17-19,21,23-25,27,29-31,33,35-36,39-77H2,1-5H3/b10-8-,16-14-,22-20-,28-26-,34-32-,38-37-. The van der Waals surface area contributed by atoms with Crippen molar-refractivity contribution in [2.45, 2.75) is 386 Å². The van der Waals surface area contributed by atoms with E-state index in [1.807, 2.05) is 21.1 Å². The minimum absolute atomic E-state index is 0.149. The van der Waals surface area contributed by atoms with E-state index in [0.29, 0.717) is 23.9 Å². The van der Waals surface area contributed by atoms with E-state index in [1.165, 1.54) is 270 Å². The number of allylic oxidation sites excluding steroid dienone is 12.